The molecule has 0 spiro atoms. The van der Waals surface area contributed by atoms with Crippen molar-refractivity contribution >= 4 is 23.2 Å². The van der Waals surface area contributed by atoms with Gasteiger partial charge in [0.1, 0.15) is 17.5 Å². The molecule has 2 aromatic carbocycles. The third-order valence-corrected chi connectivity index (χ3v) is 4.17. The van der Waals surface area contributed by atoms with Crippen LogP contribution in [0.1, 0.15) is 21.6 Å². The number of aryl methyl sites for hydroxylation is 2. The van der Waals surface area contributed by atoms with Crippen LogP contribution in [0.3, 0.4) is 0 Å². The number of hydrogen-bond acceptors (Lipinski definition) is 3. The molecule has 0 aliphatic carbocycles. The third-order valence-electron chi connectivity index (χ3n) is 3.74. The molecule has 0 atom stereocenters. The van der Waals surface area contributed by atoms with E-state index in [9.17, 15) is 4.79 Å². The minimum atomic E-state index is -0.284. The van der Waals surface area contributed by atoms with E-state index in [-0.39, 0.29) is 5.91 Å². The lowest BCUT2D eigenvalue weighted by molar-refractivity contribution is 0.102. The molecule has 0 aliphatic heterocycles. The highest BCUT2D eigenvalue weighted by molar-refractivity contribution is 6.33. The standard InChI is InChI=1S/C19H18ClN3O2/c1-13-17(18(20)23(2)22-13)19(24)21-15-8-10-16(11-9-15)25-12-14-6-4-3-5-7-14/h3-11H,12H2,1-2H3,(H,21,24). The van der Waals surface area contributed by atoms with Gasteiger partial charge in [0.2, 0.25) is 0 Å². The molecule has 25 heavy (non-hydrogen) atoms. The summed E-state index contributed by atoms with van der Waals surface area (Å²) in [7, 11) is 1.70. The number of ether oxygens (including phenoxy) is 1. The van der Waals surface area contributed by atoms with Crippen molar-refractivity contribution in [3.05, 3.63) is 76.6 Å². The summed E-state index contributed by atoms with van der Waals surface area (Å²) in [6, 6.07) is 17.1. The first-order chi connectivity index (χ1) is 12.0. The lowest BCUT2D eigenvalue weighted by Crippen LogP contribution is -2.13. The molecule has 0 bridgehead atoms. The smallest absolute Gasteiger partial charge is 0.260 e. The van der Waals surface area contributed by atoms with Crippen molar-refractivity contribution in [3.8, 4) is 5.75 Å². The van der Waals surface area contributed by atoms with E-state index in [1.54, 1.807) is 26.1 Å². The van der Waals surface area contributed by atoms with Gasteiger partial charge in [-0.1, -0.05) is 41.9 Å². The molecule has 5 nitrogen and oxygen atoms in total. The SMILES string of the molecule is Cc1nn(C)c(Cl)c1C(=O)Nc1ccc(OCc2ccccc2)cc1. The topological polar surface area (TPSA) is 56.2 Å². The molecule has 3 rings (SSSR count). The lowest BCUT2D eigenvalue weighted by atomic mass is 10.2. The van der Waals surface area contributed by atoms with Crippen LogP contribution in [0, 0.1) is 6.92 Å². The van der Waals surface area contributed by atoms with E-state index in [2.05, 4.69) is 10.4 Å². The highest BCUT2D eigenvalue weighted by atomic mass is 35.5. The van der Waals surface area contributed by atoms with Crippen molar-refractivity contribution in [3.63, 3.8) is 0 Å². The van der Waals surface area contributed by atoms with Gasteiger partial charge in [-0.05, 0) is 36.8 Å². The zero-order valence-corrected chi connectivity index (χ0v) is 14.7. The van der Waals surface area contributed by atoms with Crippen molar-refractivity contribution in [2.75, 3.05) is 5.32 Å². The van der Waals surface area contributed by atoms with Gasteiger partial charge in [-0.25, -0.2) is 0 Å². The molecule has 1 amide bonds. The quantitative estimate of drug-likeness (QED) is 0.745. The second-order valence-electron chi connectivity index (χ2n) is 5.63. The molecule has 128 valence electrons. The Labute approximate surface area is 151 Å². The summed E-state index contributed by atoms with van der Waals surface area (Å²) < 4.78 is 7.21. The Hall–Kier alpha value is -2.79. The summed E-state index contributed by atoms with van der Waals surface area (Å²) in [6.45, 7) is 2.25. The number of hydrogen-bond donors (Lipinski definition) is 1. The van der Waals surface area contributed by atoms with Crippen LogP contribution in [-0.2, 0) is 13.7 Å². The summed E-state index contributed by atoms with van der Waals surface area (Å²) >= 11 is 6.12. The fraction of sp³-hybridized carbons (Fsp3) is 0.158. The van der Waals surface area contributed by atoms with Crippen LogP contribution in [0.2, 0.25) is 5.15 Å². The van der Waals surface area contributed by atoms with Gasteiger partial charge in [0, 0.05) is 12.7 Å². The molecule has 1 aromatic heterocycles. The van der Waals surface area contributed by atoms with Crippen molar-refractivity contribution < 1.29 is 9.53 Å². The van der Waals surface area contributed by atoms with E-state index in [0.717, 1.165) is 11.3 Å². The molecule has 1 N–H and O–H groups in total. The number of carbonyl (C=O) groups excluding carboxylic acids is 1. The van der Waals surface area contributed by atoms with Gasteiger partial charge in [0.05, 0.1) is 11.3 Å². The summed E-state index contributed by atoms with van der Waals surface area (Å²) in [5.41, 5.74) is 2.74. The van der Waals surface area contributed by atoms with E-state index < -0.39 is 0 Å². The number of aromatic nitrogens is 2. The van der Waals surface area contributed by atoms with E-state index in [1.165, 1.54) is 4.68 Å². The normalized spacial score (nSPS) is 10.5. The number of nitrogens with zero attached hydrogens (tertiary/aromatic N) is 2. The van der Waals surface area contributed by atoms with Crippen LogP contribution in [-0.4, -0.2) is 15.7 Å². The fourth-order valence-electron chi connectivity index (χ4n) is 2.46. The Morgan fingerprint density at radius 2 is 1.84 bits per heavy atom. The first-order valence-electron chi connectivity index (χ1n) is 7.82. The first kappa shape index (κ1) is 17.0. The fourth-order valence-corrected chi connectivity index (χ4v) is 2.72. The Kier molecular flexibility index (Phi) is 5.05. The average molecular weight is 356 g/mol. The number of halogens is 1. The summed E-state index contributed by atoms with van der Waals surface area (Å²) in [5.74, 6) is 0.450. The number of carbonyl (C=O) groups is 1. The van der Waals surface area contributed by atoms with Crippen LogP contribution >= 0.6 is 11.6 Å². The molecule has 6 heteroatoms. The predicted octanol–water partition coefficient (Wildman–Crippen LogP) is 4.21. The summed E-state index contributed by atoms with van der Waals surface area (Å²) in [6.07, 6.45) is 0. The van der Waals surface area contributed by atoms with Gasteiger partial charge in [-0.15, -0.1) is 0 Å². The Bertz CT molecular complexity index is 874. The van der Waals surface area contributed by atoms with Crippen LogP contribution in [0.4, 0.5) is 5.69 Å². The van der Waals surface area contributed by atoms with Gasteiger partial charge in [0.25, 0.3) is 5.91 Å². The predicted molar refractivity (Wildman–Crippen MR) is 98.1 cm³/mol. The van der Waals surface area contributed by atoms with Gasteiger partial charge in [-0.2, -0.15) is 5.10 Å². The van der Waals surface area contributed by atoms with Crippen LogP contribution in [0.15, 0.2) is 54.6 Å². The molecule has 1 heterocycles. The molecule has 0 aliphatic rings. The van der Waals surface area contributed by atoms with Crippen LogP contribution < -0.4 is 10.1 Å². The first-order valence-corrected chi connectivity index (χ1v) is 8.19. The molecular weight excluding hydrogens is 338 g/mol. The molecule has 0 radical (unpaired) electrons. The van der Waals surface area contributed by atoms with E-state index in [0.29, 0.717) is 28.7 Å². The average Bonchev–Trinajstić information content (AvgIpc) is 2.87. The highest BCUT2D eigenvalue weighted by Gasteiger charge is 2.18. The summed E-state index contributed by atoms with van der Waals surface area (Å²) in [4.78, 5) is 12.4. The second kappa shape index (κ2) is 7.40. The summed E-state index contributed by atoms with van der Waals surface area (Å²) in [5, 5.41) is 7.28. The zero-order chi connectivity index (χ0) is 17.8. The van der Waals surface area contributed by atoms with Gasteiger partial charge < -0.3 is 10.1 Å². The molecule has 0 saturated carbocycles. The lowest BCUT2D eigenvalue weighted by Gasteiger charge is -2.08. The van der Waals surface area contributed by atoms with Gasteiger partial charge in [-0.3, -0.25) is 9.48 Å². The molecule has 3 aromatic rings. The Balaban J connectivity index is 1.63. The maximum Gasteiger partial charge on any atom is 0.260 e. The highest BCUT2D eigenvalue weighted by Crippen LogP contribution is 2.22. The minimum Gasteiger partial charge on any atom is -0.489 e. The molecule has 0 unspecified atom stereocenters. The van der Waals surface area contributed by atoms with E-state index in [4.69, 9.17) is 16.3 Å². The largest absolute Gasteiger partial charge is 0.489 e. The number of nitrogens with one attached hydrogen (secondary N) is 1. The Morgan fingerprint density at radius 1 is 1.16 bits per heavy atom. The second-order valence-corrected chi connectivity index (χ2v) is 5.99. The minimum absolute atomic E-state index is 0.284. The molecule has 0 fully saturated rings. The van der Waals surface area contributed by atoms with E-state index >= 15 is 0 Å². The number of benzene rings is 2. The van der Waals surface area contributed by atoms with Crippen molar-refractivity contribution in [2.45, 2.75) is 13.5 Å². The number of anilines is 1. The Morgan fingerprint density at radius 3 is 2.44 bits per heavy atom. The number of amides is 1. The number of rotatable bonds is 5. The van der Waals surface area contributed by atoms with E-state index in [1.807, 2.05) is 42.5 Å². The van der Waals surface area contributed by atoms with Crippen LogP contribution in [0.25, 0.3) is 0 Å². The van der Waals surface area contributed by atoms with Crippen molar-refractivity contribution in [1.29, 1.82) is 0 Å². The van der Waals surface area contributed by atoms with Crippen LogP contribution in [0.5, 0.6) is 5.75 Å². The third kappa shape index (κ3) is 4.00. The maximum absolute atomic E-state index is 12.4. The van der Waals surface area contributed by atoms with Gasteiger partial charge in [0.15, 0.2) is 0 Å². The monoisotopic (exact) mass is 355 g/mol. The van der Waals surface area contributed by atoms with Crippen molar-refractivity contribution in [1.82, 2.24) is 9.78 Å². The maximum atomic E-state index is 12.4. The van der Waals surface area contributed by atoms with Gasteiger partial charge >= 0.3 is 0 Å². The molecular formula is C19H18ClN3O2. The van der Waals surface area contributed by atoms with Crippen molar-refractivity contribution in [2.24, 2.45) is 7.05 Å². The zero-order valence-electron chi connectivity index (χ0n) is 14.0. The molecule has 0 saturated heterocycles.